The fourth-order valence-electron chi connectivity index (χ4n) is 4.40. The maximum atomic E-state index is 9.92. The van der Waals surface area contributed by atoms with Crippen molar-refractivity contribution in [1.82, 2.24) is 9.97 Å². The van der Waals surface area contributed by atoms with E-state index < -0.39 is 0 Å². The van der Waals surface area contributed by atoms with Crippen molar-refractivity contribution in [2.45, 2.75) is 116 Å². The number of aromatic nitrogens is 2. The molecule has 0 amide bonds. The number of hydrogen-bond donors (Lipinski definition) is 0. The van der Waals surface area contributed by atoms with Crippen LogP contribution in [-0.4, -0.2) is 9.97 Å². The summed E-state index contributed by atoms with van der Waals surface area (Å²) in [5.41, 5.74) is 0.697. The van der Waals surface area contributed by atoms with E-state index in [2.05, 4.69) is 29.9 Å². The number of unbranched alkanes of at least 4 members (excludes halogenated alkanes) is 7. The third kappa shape index (κ3) is 6.91. The van der Waals surface area contributed by atoms with E-state index in [0.29, 0.717) is 0 Å². The second-order valence-electron chi connectivity index (χ2n) is 8.54. The Hall–Kier alpha value is -1.43. The van der Waals surface area contributed by atoms with Crippen LogP contribution in [0.5, 0.6) is 0 Å². The van der Waals surface area contributed by atoms with Crippen molar-refractivity contribution >= 4 is 0 Å². The van der Waals surface area contributed by atoms with Crippen LogP contribution in [0.25, 0.3) is 0 Å². The minimum atomic E-state index is -0.348. The molecular weight excluding hydrogens is 330 g/mol. The van der Waals surface area contributed by atoms with Gasteiger partial charge in [-0.1, -0.05) is 71.6 Å². The van der Waals surface area contributed by atoms with Gasteiger partial charge in [0.15, 0.2) is 0 Å². The van der Waals surface area contributed by atoms with Crippen molar-refractivity contribution in [2.24, 2.45) is 5.92 Å². The molecule has 1 heterocycles. The number of aryl methyl sites for hydroxylation is 1. The normalized spacial score (nSPS) is 22.5. The molecule has 0 radical (unpaired) electrons. The van der Waals surface area contributed by atoms with E-state index in [1.165, 1.54) is 70.6 Å². The molecule has 0 aliphatic heterocycles. The first-order chi connectivity index (χ1) is 13.2. The first kappa shape index (κ1) is 21.9. The van der Waals surface area contributed by atoms with E-state index in [0.717, 1.165) is 43.0 Å². The minimum Gasteiger partial charge on any atom is -0.241 e. The van der Waals surface area contributed by atoms with E-state index in [9.17, 15) is 5.26 Å². The molecule has 150 valence electrons. The van der Waals surface area contributed by atoms with Gasteiger partial charge in [0, 0.05) is 24.4 Å². The standard InChI is InChI=1S/C24H39N3/c1-3-5-7-9-10-12-21-14-16-24(20-25,17-15-21)22-18-26-23(27-19-22)13-11-8-6-4-2/h18-19,21H,3-17H2,1-2H3. The lowest BCUT2D eigenvalue weighted by Gasteiger charge is -2.35. The molecule has 1 aliphatic carbocycles. The maximum absolute atomic E-state index is 9.92. The molecule has 3 nitrogen and oxygen atoms in total. The highest BCUT2D eigenvalue weighted by molar-refractivity contribution is 5.29. The summed E-state index contributed by atoms with van der Waals surface area (Å²) in [7, 11) is 0. The fourth-order valence-corrected chi connectivity index (χ4v) is 4.40. The summed E-state index contributed by atoms with van der Waals surface area (Å²) in [6, 6.07) is 2.64. The van der Waals surface area contributed by atoms with E-state index >= 15 is 0 Å². The van der Waals surface area contributed by atoms with Crippen LogP contribution in [0.3, 0.4) is 0 Å². The van der Waals surface area contributed by atoms with Gasteiger partial charge in [0.2, 0.25) is 0 Å². The number of rotatable bonds is 12. The summed E-state index contributed by atoms with van der Waals surface area (Å²) < 4.78 is 0. The van der Waals surface area contributed by atoms with Gasteiger partial charge in [-0.15, -0.1) is 0 Å². The van der Waals surface area contributed by atoms with Gasteiger partial charge in [-0.3, -0.25) is 0 Å². The van der Waals surface area contributed by atoms with Crippen molar-refractivity contribution in [2.75, 3.05) is 0 Å². The van der Waals surface area contributed by atoms with Crippen molar-refractivity contribution in [3.05, 3.63) is 23.8 Å². The van der Waals surface area contributed by atoms with Crippen LogP contribution in [0.4, 0.5) is 0 Å². The van der Waals surface area contributed by atoms with Gasteiger partial charge < -0.3 is 0 Å². The van der Waals surface area contributed by atoms with Gasteiger partial charge in [0.1, 0.15) is 5.82 Å². The first-order valence-corrected chi connectivity index (χ1v) is 11.5. The predicted molar refractivity (Wildman–Crippen MR) is 113 cm³/mol. The van der Waals surface area contributed by atoms with Crippen molar-refractivity contribution in [1.29, 1.82) is 5.26 Å². The van der Waals surface area contributed by atoms with Crippen LogP contribution >= 0.6 is 0 Å². The highest BCUT2D eigenvalue weighted by atomic mass is 14.9. The lowest BCUT2D eigenvalue weighted by Crippen LogP contribution is -2.30. The minimum absolute atomic E-state index is 0.348. The summed E-state index contributed by atoms with van der Waals surface area (Å²) in [5, 5.41) is 9.92. The predicted octanol–water partition coefficient (Wildman–Crippen LogP) is 6.91. The second kappa shape index (κ2) is 12.1. The Balaban J connectivity index is 1.81. The molecule has 2 rings (SSSR count). The zero-order valence-corrected chi connectivity index (χ0v) is 17.7. The fraction of sp³-hybridized carbons (Fsp3) is 0.792. The molecule has 0 unspecified atom stereocenters. The molecular formula is C24H39N3. The molecule has 1 aromatic heterocycles. The van der Waals surface area contributed by atoms with Gasteiger partial charge in [0.25, 0.3) is 0 Å². The summed E-state index contributed by atoms with van der Waals surface area (Å²) in [6.45, 7) is 4.50. The lowest BCUT2D eigenvalue weighted by molar-refractivity contribution is 0.260. The van der Waals surface area contributed by atoms with E-state index in [1.54, 1.807) is 0 Å². The quantitative estimate of drug-likeness (QED) is 0.376. The summed E-state index contributed by atoms with van der Waals surface area (Å²) in [5.74, 6) is 1.75. The highest BCUT2D eigenvalue weighted by Gasteiger charge is 2.37. The van der Waals surface area contributed by atoms with Gasteiger partial charge in [-0.05, 0) is 38.0 Å². The van der Waals surface area contributed by atoms with Gasteiger partial charge in [-0.25, -0.2) is 9.97 Å². The van der Waals surface area contributed by atoms with Crippen molar-refractivity contribution < 1.29 is 0 Å². The topological polar surface area (TPSA) is 49.6 Å². The first-order valence-electron chi connectivity index (χ1n) is 11.5. The van der Waals surface area contributed by atoms with Crippen molar-refractivity contribution in [3.8, 4) is 6.07 Å². The molecule has 27 heavy (non-hydrogen) atoms. The molecule has 3 heteroatoms. The lowest BCUT2D eigenvalue weighted by atomic mass is 9.67. The van der Waals surface area contributed by atoms with Crippen LogP contribution < -0.4 is 0 Å². The average Bonchev–Trinajstić information content (AvgIpc) is 2.72. The second-order valence-corrected chi connectivity index (χ2v) is 8.54. The maximum Gasteiger partial charge on any atom is 0.128 e. The zero-order valence-electron chi connectivity index (χ0n) is 17.7. The van der Waals surface area contributed by atoms with Crippen LogP contribution in [0.1, 0.15) is 115 Å². The average molecular weight is 370 g/mol. The largest absolute Gasteiger partial charge is 0.241 e. The Kier molecular flexibility index (Phi) is 9.81. The molecule has 0 saturated heterocycles. The molecule has 1 aromatic rings. The molecule has 0 atom stereocenters. The monoisotopic (exact) mass is 369 g/mol. The third-order valence-corrected chi connectivity index (χ3v) is 6.40. The highest BCUT2D eigenvalue weighted by Crippen LogP contribution is 2.42. The smallest absolute Gasteiger partial charge is 0.128 e. The van der Waals surface area contributed by atoms with E-state index in [-0.39, 0.29) is 5.41 Å². The zero-order chi connectivity index (χ0) is 19.4. The molecule has 1 fully saturated rings. The van der Waals surface area contributed by atoms with Crippen LogP contribution in [0.2, 0.25) is 0 Å². The summed E-state index contributed by atoms with van der Waals surface area (Å²) >= 11 is 0. The number of nitriles is 1. The van der Waals surface area contributed by atoms with Gasteiger partial charge in [-0.2, -0.15) is 5.26 Å². The molecule has 1 aliphatic rings. The van der Waals surface area contributed by atoms with E-state index in [4.69, 9.17) is 0 Å². The Bertz CT molecular complexity index is 550. The Morgan fingerprint density at radius 1 is 0.926 bits per heavy atom. The molecule has 1 saturated carbocycles. The summed E-state index contributed by atoms with van der Waals surface area (Å²) in [4.78, 5) is 9.16. The van der Waals surface area contributed by atoms with Gasteiger partial charge >= 0.3 is 0 Å². The molecule has 0 spiro atoms. The molecule has 0 bridgehead atoms. The van der Waals surface area contributed by atoms with Crippen LogP contribution in [0, 0.1) is 17.2 Å². The number of hydrogen-bond acceptors (Lipinski definition) is 3. The third-order valence-electron chi connectivity index (χ3n) is 6.40. The van der Waals surface area contributed by atoms with Crippen LogP contribution in [-0.2, 0) is 11.8 Å². The Morgan fingerprint density at radius 2 is 1.52 bits per heavy atom. The molecule has 0 aromatic carbocycles. The summed E-state index contributed by atoms with van der Waals surface area (Å²) in [6.07, 6.45) is 22.3. The Labute approximate surface area is 167 Å². The SMILES string of the molecule is CCCCCCCC1CCC(C#N)(c2cnc(CCCCCC)nc2)CC1. The molecule has 0 N–H and O–H groups in total. The number of nitrogens with zero attached hydrogens (tertiary/aromatic N) is 3. The van der Waals surface area contributed by atoms with Crippen molar-refractivity contribution in [3.63, 3.8) is 0 Å². The van der Waals surface area contributed by atoms with E-state index in [1.807, 2.05) is 12.4 Å². The Morgan fingerprint density at radius 3 is 2.11 bits per heavy atom. The van der Waals surface area contributed by atoms with Crippen LogP contribution in [0.15, 0.2) is 12.4 Å². The van der Waals surface area contributed by atoms with Gasteiger partial charge in [0.05, 0.1) is 11.5 Å².